The van der Waals surface area contributed by atoms with Gasteiger partial charge in [0.05, 0.1) is 0 Å². The second-order valence-electron chi connectivity index (χ2n) is 4.89. The van der Waals surface area contributed by atoms with Gasteiger partial charge in [-0.1, -0.05) is 26.7 Å². The summed E-state index contributed by atoms with van der Waals surface area (Å²) in [6, 6.07) is 1.17. The number of hydrogen-bond donors (Lipinski definition) is 1. The third-order valence-corrected chi connectivity index (χ3v) is 3.38. The van der Waals surface area contributed by atoms with Gasteiger partial charge in [0.25, 0.3) is 0 Å². The average Bonchev–Trinajstić information content (AvgIpc) is 2.67. The summed E-state index contributed by atoms with van der Waals surface area (Å²) in [6.45, 7) is 7.97. The Hall–Kier alpha value is -0.570. The van der Waals surface area contributed by atoms with Crippen LogP contribution in [0.2, 0.25) is 0 Å². The van der Waals surface area contributed by atoms with Gasteiger partial charge in [0, 0.05) is 32.1 Å². The number of amides is 1. The summed E-state index contributed by atoms with van der Waals surface area (Å²) in [4.78, 5) is 13.2. The number of hydrogen-bond acceptors (Lipinski definition) is 2. The number of carbonyl (C=O) groups excluding carboxylic acids is 1. The van der Waals surface area contributed by atoms with Gasteiger partial charge in [0.2, 0.25) is 5.91 Å². The first-order chi connectivity index (χ1) is 7.67. The maximum Gasteiger partial charge on any atom is 0.219 e. The highest BCUT2D eigenvalue weighted by Gasteiger charge is 2.25. The molecule has 1 fully saturated rings. The van der Waals surface area contributed by atoms with Gasteiger partial charge in [-0.25, -0.2) is 0 Å². The first-order valence-electron chi connectivity index (χ1n) is 6.68. The zero-order valence-electron chi connectivity index (χ0n) is 11.0. The number of carbonyl (C=O) groups is 1. The fourth-order valence-corrected chi connectivity index (χ4v) is 2.52. The molecule has 0 radical (unpaired) electrons. The fourth-order valence-electron chi connectivity index (χ4n) is 2.52. The molecule has 1 heterocycles. The van der Waals surface area contributed by atoms with Crippen molar-refractivity contribution in [1.29, 1.82) is 0 Å². The Morgan fingerprint density at radius 2 is 2.00 bits per heavy atom. The van der Waals surface area contributed by atoms with Crippen LogP contribution in [0.15, 0.2) is 0 Å². The van der Waals surface area contributed by atoms with Crippen molar-refractivity contribution in [3.05, 3.63) is 0 Å². The van der Waals surface area contributed by atoms with E-state index in [0.717, 1.165) is 19.5 Å². The third-order valence-electron chi connectivity index (χ3n) is 3.38. The molecule has 0 aliphatic carbocycles. The van der Waals surface area contributed by atoms with Gasteiger partial charge < -0.3 is 10.2 Å². The van der Waals surface area contributed by atoms with Crippen LogP contribution in [-0.4, -0.2) is 36.0 Å². The number of nitrogens with zero attached hydrogens (tertiary/aromatic N) is 1. The molecular weight excluding hydrogens is 200 g/mol. The molecule has 3 heteroatoms. The van der Waals surface area contributed by atoms with Crippen LogP contribution in [0.25, 0.3) is 0 Å². The minimum Gasteiger partial charge on any atom is -0.341 e. The molecule has 1 aliphatic rings. The molecule has 0 saturated carbocycles. The van der Waals surface area contributed by atoms with Crippen molar-refractivity contribution in [2.24, 2.45) is 0 Å². The predicted octanol–water partition coefficient (Wildman–Crippen LogP) is 2.17. The minimum absolute atomic E-state index is 0.215. The molecule has 0 aromatic rings. The van der Waals surface area contributed by atoms with E-state index in [1.54, 1.807) is 6.92 Å². The summed E-state index contributed by atoms with van der Waals surface area (Å²) in [7, 11) is 0. The topological polar surface area (TPSA) is 32.3 Å². The summed E-state index contributed by atoms with van der Waals surface area (Å²) in [5.41, 5.74) is 0. The van der Waals surface area contributed by atoms with Crippen molar-refractivity contribution in [1.82, 2.24) is 10.2 Å². The zero-order valence-corrected chi connectivity index (χ0v) is 11.0. The molecule has 0 aromatic carbocycles. The lowest BCUT2D eigenvalue weighted by Gasteiger charge is -2.22. The Morgan fingerprint density at radius 3 is 2.44 bits per heavy atom. The van der Waals surface area contributed by atoms with E-state index in [4.69, 9.17) is 0 Å². The third kappa shape index (κ3) is 4.12. The molecule has 0 aromatic heterocycles. The van der Waals surface area contributed by atoms with Crippen LogP contribution in [0.4, 0.5) is 0 Å². The molecule has 3 nitrogen and oxygen atoms in total. The molecule has 1 atom stereocenters. The van der Waals surface area contributed by atoms with E-state index < -0.39 is 0 Å². The van der Waals surface area contributed by atoms with Crippen molar-refractivity contribution in [2.75, 3.05) is 13.1 Å². The Morgan fingerprint density at radius 1 is 1.38 bits per heavy atom. The van der Waals surface area contributed by atoms with Crippen LogP contribution in [0.5, 0.6) is 0 Å². The lowest BCUT2D eigenvalue weighted by Crippen LogP contribution is -2.40. The van der Waals surface area contributed by atoms with Crippen molar-refractivity contribution in [3.63, 3.8) is 0 Å². The van der Waals surface area contributed by atoms with Crippen molar-refractivity contribution < 1.29 is 4.79 Å². The van der Waals surface area contributed by atoms with Crippen molar-refractivity contribution in [2.45, 2.75) is 65.0 Å². The molecule has 1 rings (SSSR count). The molecule has 94 valence electrons. The summed E-state index contributed by atoms with van der Waals surface area (Å²) in [6.07, 6.45) is 6.10. The van der Waals surface area contributed by atoms with Crippen molar-refractivity contribution >= 4 is 5.91 Å². The molecule has 1 aliphatic heterocycles. The Balaban J connectivity index is 2.32. The SMILES string of the molecule is CCCC(CCC)NC1CCN(C(C)=O)C1. The average molecular weight is 226 g/mol. The highest BCUT2D eigenvalue weighted by molar-refractivity contribution is 5.73. The highest BCUT2D eigenvalue weighted by atomic mass is 16.2. The molecule has 0 spiro atoms. The summed E-state index contributed by atoms with van der Waals surface area (Å²) in [5, 5.41) is 3.71. The van der Waals surface area contributed by atoms with Crippen LogP contribution in [0.3, 0.4) is 0 Å². The zero-order chi connectivity index (χ0) is 12.0. The van der Waals surface area contributed by atoms with Gasteiger partial charge in [-0.3, -0.25) is 4.79 Å². The van der Waals surface area contributed by atoms with Crippen LogP contribution >= 0.6 is 0 Å². The monoisotopic (exact) mass is 226 g/mol. The molecule has 1 N–H and O–H groups in total. The molecule has 1 amide bonds. The van der Waals surface area contributed by atoms with Gasteiger partial charge in [0.1, 0.15) is 0 Å². The quantitative estimate of drug-likeness (QED) is 0.753. The van der Waals surface area contributed by atoms with E-state index in [9.17, 15) is 4.79 Å². The van der Waals surface area contributed by atoms with E-state index in [2.05, 4.69) is 19.2 Å². The lowest BCUT2D eigenvalue weighted by molar-refractivity contribution is -0.127. The standard InChI is InChI=1S/C13H26N2O/c1-4-6-12(7-5-2)14-13-8-9-15(10-13)11(3)16/h12-14H,4-10H2,1-3H3. The second kappa shape index (κ2) is 6.89. The molecule has 0 bridgehead atoms. The first-order valence-corrected chi connectivity index (χ1v) is 6.68. The van der Waals surface area contributed by atoms with Gasteiger partial charge in [-0.15, -0.1) is 0 Å². The van der Waals surface area contributed by atoms with Gasteiger partial charge in [-0.2, -0.15) is 0 Å². The molecular formula is C13H26N2O. The van der Waals surface area contributed by atoms with Crippen LogP contribution in [0.1, 0.15) is 52.9 Å². The normalized spacial score (nSPS) is 20.8. The molecule has 1 saturated heterocycles. The van der Waals surface area contributed by atoms with Crippen LogP contribution in [0, 0.1) is 0 Å². The highest BCUT2D eigenvalue weighted by Crippen LogP contribution is 2.13. The number of rotatable bonds is 6. The minimum atomic E-state index is 0.215. The predicted molar refractivity (Wildman–Crippen MR) is 67.4 cm³/mol. The maximum atomic E-state index is 11.2. The maximum absolute atomic E-state index is 11.2. The fraction of sp³-hybridized carbons (Fsp3) is 0.923. The van der Waals surface area contributed by atoms with Gasteiger partial charge in [-0.05, 0) is 19.3 Å². The molecule has 16 heavy (non-hydrogen) atoms. The second-order valence-corrected chi connectivity index (χ2v) is 4.89. The van der Waals surface area contributed by atoms with Gasteiger partial charge in [0.15, 0.2) is 0 Å². The van der Waals surface area contributed by atoms with E-state index >= 15 is 0 Å². The van der Waals surface area contributed by atoms with E-state index in [-0.39, 0.29) is 5.91 Å². The van der Waals surface area contributed by atoms with E-state index in [1.165, 1.54) is 25.7 Å². The summed E-state index contributed by atoms with van der Waals surface area (Å²) < 4.78 is 0. The van der Waals surface area contributed by atoms with Crippen LogP contribution in [-0.2, 0) is 4.79 Å². The summed E-state index contributed by atoms with van der Waals surface area (Å²) in [5.74, 6) is 0.215. The Bertz CT molecular complexity index is 212. The smallest absolute Gasteiger partial charge is 0.219 e. The lowest BCUT2D eigenvalue weighted by atomic mass is 10.1. The Labute approximate surface area is 99.6 Å². The number of likely N-dealkylation sites (tertiary alicyclic amines) is 1. The van der Waals surface area contributed by atoms with Gasteiger partial charge >= 0.3 is 0 Å². The van der Waals surface area contributed by atoms with Crippen molar-refractivity contribution in [3.8, 4) is 0 Å². The van der Waals surface area contributed by atoms with Crippen LogP contribution < -0.4 is 5.32 Å². The van der Waals surface area contributed by atoms with E-state index in [1.807, 2.05) is 4.90 Å². The first kappa shape index (κ1) is 13.5. The summed E-state index contributed by atoms with van der Waals surface area (Å²) >= 11 is 0. The largest absolute Gasteiger partial charge is 0.341 e. The van der Waals surface area contributed by atoms with E-state index in [0.29, 0.717) is 12.1 Å². The number of nitrogens with one attached hydrogen (secondary N) is 1. The Kier molecular flexibility index (Phi) is 5.81. The molecule has 1 unspecified atom stereocenters.